The lowest BCUT2D eigenvalue weighted by Gasteiger charge is -2.10. The second kappa shape index (κ2) is 5.03. The highest BCUT2D eigenvalue weighted by Crippen LogP contribution is 2.28. The number of nitriles is 1. The molecule has 0 aromatic carbocycles. The quantitative estimate of drug-likeness (QED) is 0.863. The molecule has 80 valence electrons. The largest absolute Gasteiger partial charge is 0.383 e. The average molecular weight is 276 g/mol. The van der Waals surface area contributed by atoms with Gasteiger partial charge in [0.2, 0.25) is 0 Å². The average Bonchev–Trinajstić information content (AvgIpc) is 2.17. The van der Waals surface area contributed by atoms with Crippen molar-refractivity contribution in [3.05, 3.63) is 22.9 Å². The number of pyridine rings is 1. The van der Waals surface area contributed by atoms with Crippen LogP contribution in [-0.2, 0) is 11.8 Å². The topological polar surface area (TPSA) is 62.7 Å². The van der Waals surface area contributed by atoms with Crippen molar-refractivity contribution in [2.24, 2.45) is 0 Å². The first-order chi connectivity index (χ1) is 7.10. The SMILES string of the molecule is N#CCc1cc(C(F)F)c(CBr)c(N)n1. The van der Waals surface area contributed by atoms with E-state index < -0.39 is 6.43 Å². The fourth-order valence-electron chi connectivity index (χ4n) is 1.18. The molecular weight excluding hydrogens is 268 g/mol. The zero-order valence-electron chi connectivity index (χ0n) is 7.67. The Morgan fingerprint density at radius 1 is 1.60 bits per heavy atom. The van der Waals surface area contributed by atoms with E-state index in [1.54, 1.807) is 0 Å². The van der Waals surface area contributed by atoms with E-state index in [1.165, 1.54) is 6.07 Å². The van der Waals surface area contributed by atoms with Crippen molar-refractivity contribution in [1.82, 2.24) is 4.98 Å². The van der Waals surface area contributed by atoms with E-state index in [0.717, 1.165) is 0 Å². The standard InChI is InChI=1S/C9H8BrF2N3/c10-4-7-6(8(11)12)3-5(1-2-13)15-9(7)14/h3,8H,1,4H2,(H2,14,15). The first kappa shape index (κ1) is 11.9. The van der Waals surface area contributed by atoms with Crippen molar-refractivity contribution in [3.63, 3.8) is 0 Å². The molecule has 15 heavy (non-hydrogen) atoms. The molecule has 1 rings (SSSR count). The number of nitrogens with zero attached hydrogens (tertiary/aromatic N) is 2. The number of alkyl halides is 3. The summed E-state index contributed by atoms with van der Waals surface area (Å²) in [6.45, 7) is 0. The smallest absolute Gasteiger partial charge is 0.264 e. The van der Waals surface area contributed by atoms with E-state index in [2.05, 4.69) is 20.9 Å². The van der Waals surface area contributed by atoms with Crippen molar-refractivity contribution in [1.29, 1.82) is 5.26 Å². The lowest BCUT2D eigenvalue weighted by atomic mass is 10.1. The summed E-state index contributed by atoms with van der Waals surface area (Å²) in [6, 6.07) is 3.06. The second-order valence-electron chi connectivity index (χ2n) is 2.84. The molecule has 1 aromatic rings. The lowest BCUT2D eigenvalue weighted by Crippen LogP contribution is -2.04. The van der Waals surface area contributed by atoms with Crippen LogP contribution >= 0.6 is 15.9 Å². The van der Waals surface area contributed by atoms with Gasteiger partial charge in [0.05, 0.1) is 18.2 Å². The monoisotopic (exact) mass is 275 g/mol. The molecule has 0 aliphatic carbocycles. The minimum Gasteiger partial charge on any atom is -0.383 e. The Morgan fingerprint density at radius 3 is 2.73 bits per heavy atom. The molecule has 0 saturated heterocycles. The van der Waals surface area contributed by atoms with Crippen LogP contribution in [0, 0.1) is 11.3 Å². The highest BCUT2D eigenvalue weighted by molar-refractivity contribution is 9.08. The summed E-state index contributed by atoms with van der Waals surface area (Å²) in [4.78, 5) is 3.87. The normalized spacial score (nSPS) is 10.3. The number of nitrogen functional groups attached to an aromatic ring is 1. The van der Waals surface area contributed by atoms with Crippen LogP contribution in [0.1, 0.15) is 23.2 Å². The number of nitrogens with two attached hydrogens (primary N) is 1. The van der Waals surface area contributed by atoms with Gasteiger partial charge in [0, 0.05) is 16.5 Å². The lowest BCUT2D eigenvalue weighted by molar-refractivity contribution is 0.150. The zero-order chi connectivity index (χ0) is 11.4. The van der Waals surface area contributed by atoms with Gasteiger partial charge in [-0.1, -0.05) is 15.9 Å². The Balaban J connectivity index is 3.27. The Labute approximate surface area is 94.0 Å². The molecule has 6 heteroatoms. The summed E-state index contributed by atoms with van der Waals surface area (Å²) in [5.41, 5.74) is 5.91. The van der Waals surface area contributed by atoms with E-state index in [-0.39, 0.29) is 34.4 Å². The van der Waals surface area contributed by atoms with Gasteiger partial charge in [-0.3, -0.25) is 0 Å². The van der Waals surface area contributed by atoms with Crippen LogP contribution in [0.2, 0.25) is 0 Å². The van der Waals surface area contributed by atoms with Gasteiger partial charge in [0.15, 0.2) is 0 Å². The van der Waals surface area contributed by atoms with Crippen LogP contribution in [-0.4, -0.2) is 4.98 Å². The van der Waals surface area contributed by atoms with Crippen molar-refractivity contribution in [2.75, 3.05) is 5.73 Å². The van der Waals surface area contributed by atoms with Gasteiger partial charge in [-0.15, -0.1) is 0 Å². The number of aromatic nitrogens is 1. The van der Waals surface area contributed by atoms with Gasteiger partial charge in [0.25, 0.3) is 6.43 Å². The van der Waals surface area contributed by atoms with E-state index >= 15 is 0 Å². The van der Waals surface area contributed by atoms with Gasteiger partial charge in [-0.05, 0) is 6.07 Å². The van der Waals surface area contributed by atoms with Crippen LogP contribution in [0.25, 0.3) is 0 Å². The molecule has 2 N–H and O–H groups in total. The van der Waals surface area contributed by atoms with Gasteiger partial charge in [0.1, 0.15) is 5.82 Å². The highest BCUT2D eigenvalue weighted by atomic mass is 79.9. The van der Waals surface area contributed by atoms with Gasteiger partial charge < -0.3 is 5.73 Å². The first-order valence-corrected chi connectivity index (χ1v) is 5.21. The molecule has 0 fully saturated rings. The minimum atomic E-state index is -2.61. The van der Waals surface area contributed by atoms with Crippen LogP contribution < -0.4 is 5.73 Å². The summed E-state index contributed by atoms with van der Waals surface area (Å²) in [7, 11) is 0. The molecule has 1 heterocycles. The molecule has 0 atom stereocenters. The Morgan fingerprint density at radius 2 is 2.27 bits per heavy atom. The molecule has 0 saturated carbocycles. The maximum atomic E-state index is 12.6. The fourth-order valence-corrected chi connectivity index (χ4v) is 1.79. The number of halogens is 3. The molecule has 0 amide bonds. The van der Waals surface area contributed by atoms with Crippen LogP contribution in [0.4, 0.5) is 14.6 Å². The van der Waals surface area contributed by atoms with Crippen molar-refractivity contribution in [3.8, 4) is 6.07 Å². The predicted octanol–water partition coefficient (Wildman–Crippen LogP) is 2.56. The van der Waals surface area contributed by atoms with Crippen molar-refractivity contribution < 1.29 is 8.78 Å². The van der Waals surface area contributed by atoms with E-state index in [9.17, 15) is 8.78 Å². The Hall–Kier alpha value is -1.22. The Bertz CT molecular complexity index is 401. The summed E-state index contributed by atoms with van der Waals surface area (Å²) < 4.78 is 25.3. The maximum absolute atomic E-state index is 12.6. The van der Waals surface area contributed by atoms with E-state index in [4.69, 9.17) is 11.0 Å². The van der Waals surface area contributed by atoms with Crippen LogP contribution in [0.15, 0.2) is 6.07 Å². The molecule has 0 aliphatic rings. The van der Waals surface area contributed by atoms with Crippen LogP contribution in [0.3, 0.4) is 0 Å². The summed E-state index contributed by atoms with van der Waals surface area (Å²) >= 11 is 3.07. The summed E-state index contributed by atoms with van der Waals surface area (Å²) in [5, 5.41) is 8.66. The second-order valence-corrected chi connectivity index (χ2v) is 3.40. The molecule has 0 unspecified atom stereocenters. The molecule has 0 spiro atoms. The summed E-state index contributed by atoms with van der Waals surface area (Å²) in [6.07, 6.45) is -2.63. The van der Waals surface area contributed by atoms with Gasteiger partial charge in [-0.25, -0.2) is 13.8 Å². The predicted molar refractivity (Wildman–Crippen MR) is 55.6 cm³/mol. The molecule has 0 bridgehead atoms. The molecule has 1 aromatic heterocycles. The van der Waals surface area contributed by atoms with Gasteiger partial charge >= 0.3 is 0 Å². The number of anilines is 1. The fraction of sp³-hybridized carbons (Fsp3) is 0.333. The summed E-state index contributed by atoms with van der Waals surface area (Å²) in [5.74, 6) is 0.0509. The van der Waals surface area contributed by atoms with E-state index in [1.807, 2.05) is 6.07 Å². The number of hydrogen-bond donors (Lipinski definition) is 1. The third-order valence-electron chi connectivity index (χ3n) is 1.87. The third-order valence-corrected chi connectivity index (χ3v) is 2.43. The molecular formula is C9H8BrF2N3. The minimum absolute atomic E-state index is 0.0213. The number of rotatable bonds is 3. The van der Waals surface area contributed by atoms with E-state index in [0.29, 0.717) is 0 Å². The molecule has 3 nitrogen and oxygen atoms in total. The van der Waals surface area contributed by atoms with Crippen molar-refractivity contribution >= 4 is 21.7 Å². The maximum Gasteiger partial charge on any atom is 0.264 e. The zero-order valence-corrected chi connectivity index (χ0v) is 9.26. The first-order valence-electron chi connectivity index (χ1n) is 4.09. The van der Waals surface area contributed by atoms with Gasteiger partial charge in [-0.2, -0.15) is 5.26 Å². The molecule has 0 aliphatic heterocycles. The van der Waals surface area contributed by atoms with Crippen molar-refractivity contribution in [2.45, 2.75) is 18.2 Å². The Kier molecular flexibility index (Phi) is 3.97. The van der Waals surface area contributed by atoms with Crippen LogP contribution in [0.5, 0.6) is 0 Å². The molecule has 0 radical (unpaired) electrons. The number of hydrogen-bond acceptors (Lipinski definition) is 3. The highest BCUT2D eigenvalue weighted by Gasteiger charge is 2.17. The third kappa shape index (κ3) is 2.63.